The summed E-state index contributed by atoms with van der Waals surface area (Å²) < 4.78 is 5.17. The maximum absolute atomic E-state index is 13.1. The Morgan fingerprint density at radius 3 is 2.59 bits per heavy atom. The maximum atomic E-state index is 13.1. The van der Waals surface area contributed by atoms with Crippen LogP contribution in [-0.2, 0) is 11.3 Å². The first kappa shape index (κ1) is 17.4. The van der Waals surface area contributed by atoms with E-state index in [4.69, 9.17) is 16.3 Å². The van der Waals surface area contributed by atoms with Gasteiger partial charge in [0.1, 0.15) is 5.75 Å². The van der Waals surface area contributed by atoms with Gasteiger partial charge in [0, 0.05) is 11.6 Å². The first-order chi connectivity index (χ1) is 13.1. The van der Waals surface area contributed by atoms with E-state index in [1.54, 1.807) is 18.1 Å². The van der Waals surface area contributed by atoms with E-state index in [2.05, 4.69) is 10.6 Å². The van der Waals surface area contributed by atoms with Crippen LogP contribution >= 0.6 is 11.6 Å². The Labute approximate surface area is 161 Å². The highest BCUT2D eigenvalue weighted by Gasteiger charge is 2.40. The van der Waals surface area contributed by atoms with Gasteiger partial charge < -0.3 is 20.3 Å². The number of hydrogen-bond acceptors (Lipinski definition) is 3. The van der Waals surface area contributed by atoms with Crippen LogP contribution in [0.4, 0.5) is 4.79 Å². The Kier molecular flexibility index (Phi) is 4.49. The fraction of sp³-hybridized carbons (Fsp3) is 0.200. The highest BCUT2D eigenvalue weighted by atomic mass is 35.5. The van der Waals surface area contributed by atoms with Gasteiger partial charge >= 0.3 is 6.03 Å². The van der Waals surface area contributed by atoms with E-state index in [9.17, 15) is 9.59 Å². The van der Waals surface area contributed by atoms with Crippen LogP contribution in [0.3, 0.4) is 0 Å². The fourth-order valence-corrected chi connectivity index (χ4v) is 3.69. The van der Waals surface area contributed by atoms with E-state index in [1.807, 2.05) is 42.5 Å². The van der Waals surface area contributed by atoms with Gasteiger partial charge in [-0.2, -0.15) is 0 Å². The van der Waals surface area contributed by atoms with Crippen LogP contribution in [0.5, 0.6) is 5.75 Å². The monoisotopic (exact) mass is 383 g/mol. The minimum atomic E-state index is -0.559. The third kappa shape index (κ3) is 3.24. The second-order valence-electron chi connectivity index (χ2n) is 6.45. The number of rotatable bonds is 4. The molecule has 6 nitrogen and oxygen atoms in total. The van der Waals surface area contributed by atoms with Crippen molar-refractivity contribution in [2.24, 2.45) is 0 Å². The highest BCUT2D eigenvalue weighted by Crippen LogP contribution is 2.35. The molecule has 2 aromatic carbocycles. The predicted molar refractivity (Wildman–Crippen MR) is 101 cm³/mol. The molecule has 0 unspecified atom stereocenters. The molecule has 4 rings (SSSR count). The van der Waals surface area contributed by atoms with Crippen molar-refractivity contribution in [1.29, 1.82) is 0 Å². The summed E-state index contributed by atoms with van der Waals surface area (Å²) in [6, 6.07) is 13.9. The van der Waals surface area contributed by atoms with Gasteiger partial charge in [-0.15, -0.1) is 0 Å². The zero-order valence-corrected chi connectivity index (χ0v) is 15.4. The van der Waals surface area contributed by atoms with Crippen LogP contribution < -0.4 is 15.4 Å². The van der Waals surface area contributed by atoms with Gasteiger partial charge in [-0.1, -0.05) is 41.9 Å². The smallest absolute Gasteiger partial charge is 0.319 e. The number of carbonyl (C=O) groups is 2. The molecule has 0 spiro atoms. The summed E-state index contributed by atoms with van der Waals surface area (Å²) in [7, 11) is 1.61. The Hall–Kier alpha value is -2.99. The van der Waals surface area contributed by atoms with Crippen molar-refractivity contribution in [3.8, 4) is 5.75 Å². The number of halogens is 1. The van der Waals surface area contributed by atoms with Crippen molar-refractivity contribution in [3.05, 3.63) is 76.0 Å². The van der Waals surface area contributed by atoms with E-state index in [-0.39, 0.29) is 11.9 Å². The lowest BCUT2D eigenvalue weighted by Gasteiger charge is -2.26. The molecule has 2 aliphatic heterocycles. The minimum Gasteiger partial charge on any atom is -0.497 e. The number of urea groups is 1. The molecular weight excluding hydrogens is 366 g/mol. The summed E-state index contributed by atoms with van der Waals surface area (Å²) in [4.78, 5) is 26.9. The third-order valence-electron chi connectivity index (χ3n) is 4.77. The van der Waals surface area contributed by atoms with Crippen LogP contribution in [0.2, 0.25) is 5.02 Å². The first-order valence-electron chi connectivity index (χ1n) is 8.54. The van der Waals surface area contributed by atoms with Crippen molar-refractivity contribution >= 4 is 23.5 Å². The number of nitrogens with zero attached hydrogens (tertiary/aromatic N) is 1. The standard InChI is InChI=1S/C20H18ClN3O3/c1-27-13-8-6-12(7-9-13)10-24-11-16-17(19(24)25)18(23-20(26)22-16)14-4-2-3-5-15(14)21/h2-9,18H,10-11H2,1H3,(H2,22,23,26)/t18-/m0/s1. The van der Waals surface area contributed by atoms with Gasteiger partial charge in [-0.05, 0) is 29.3 Å². The van der Waals surface area contributed by atoms with Crippen LogP contribution in [0, 0.1) is 0 Å². The Bertz CT molecular complexity index is 940. The summed E-state index contributed by atoms with van der Waals surface area (Å²) in [6.45, 7) is 0.801. The van der Waals surface area contributed by atoms with Gasteiger partial charge in [-0.25, -0.2) is 4.79 Å². The predicted octanol–water partition coefficient (Wildman–Crippen LogP) is 3.00. The van der Waals surface area contributed by atoms with Crippen LogP contribution in [-0.4, -0.2) is 30.5 Å². The third-order valence-corrected chi connectivity index (χ3v) is 5.11. The number of ether oxygens (including phenoxy) is 1. The molecule has 2 heterocycles. The number of hydrogen-bond donors (Lipinski definition) is 2. The van der Waals surface area contributed by atoms with E-state index in [0.717, 1.165) is 11.3 Å². The van der Waals surface area contributed by atoms with E-state index in [0.29, 0.717) is 34.9 Å². The van der Waals surface area contributed by atoms with Crippen molar-refractivity contribution < 1.29 is 14.3 Å². The molecule has 0 fully saturated rings. The number of amides is 3. The molecule has 0 saturated heterocycles. The summed E-state index contributed by atoms with van der Waals surface area (Å²) in [5, 5.41) is 6.10. The summed E-state index contributed by atoms with van der Waals surface area (Å²) >= 11 is 6.31. The van der Waals surface area contributed by atoms with Gasteiger partial charge in [-0.3, -0.25) is 4.79 Å². The maximum Gasteiger partial charge on any atom is 0.319 e. The Morgan fingerprint density at radius 2 is 1.89 bits per heavy atom. The van der Waals surface area contributed by atoms with Gasteiger partial charge in [0.2, 0.25) is 0 Å². The van der Waals surface area contributed by atoms with Crippen molar-refractivity contribution in [2.75, 3.05) is 13.7 Å². The number of benzene rings is 2. The second-order valence-corrected chi connectivity index (χ2v) is 6.86. The molecule has 2 aromatic rings. The van der Waals surface area contributed by atoms with Crippen LogP contribution in [0.1, 0.15) is 17.2 Å². The molecule has 7 heteroatoms. The highest BCUT2D eigenvalue weighted by molar-refractivity contribution is 6.31. The van der Waals surface area contributed by atoms with Crippen LogP contribution in [0.15, 0.2) is 59.8 Å². The molecule has 0 aliphatic carbocycles. The molecular formula is C20H18ClN3O3. The normalized spacial score (nSPS) is 18.9. The number of methoxy groups -OCH3 is 1. The molecule has 27 heavy (non-hydrogen) atoms. The SMILES string of the molecule is COc1ccc(CN2CC3=C(C2=O)[C@H](c2ccccc2Cl)NC(=O)N3)cc1. The fourth-order valence-electron chi connectivity index (χ4n) is 3.45. The van der Waals surface area contributed by atoms with Gasteiger partial charge in [0.05, 0.1) is 31.0 Å². The van der Waals surface area contributed by atoms with Gasteiger partial charge in [0.25, 0.3) is 5.91 Å². The number of nitrogens with one attached hydrogen (secondary N) is 2. The topological polar surface area (TPSA) is 70.7 Å². The minimum absolute atomic E-state index is 0.113. The van der Waals surface area contributed by atoms with E-state index in [1.165, 1.54) is 0 Å². The molecule has 3 amide bonds. The molecule has 0 aromatic heterocycles. The van der Waals surface area contributed by atoms with E-state index >= 15 is 0 Å². The molecule has 2 N–H and O–H groups in total. The largest absolute Gasteiger partial charge is 0.497 e. The Morgan fingerprint density at radius 1 is 1.15 bits per heavy atom. The molecule has 138 valence electrons. The summed E-state index contributed by atoms with van der Waals surface area (Å²) in [6.07, 6.45) is 0. The molecule has 0 bridgehead atoms. The second kappa shape index (κ2) is 6.96. The lowest BCUT2D eigenvalue weighted by molar-refractivity contribution is -0.126. The zero-order chi connectivity index (χ0) is 19.0. The molecule has 1 atom stereocenters. The van der Waals surface area contributed by atoms with Crippen molar-refractivity contribution in [2.45, 2.75) is 12.6 Å². The van der Waals surface area contributed by atoms with Crippen molar-refractivity contribution in [1.82, 2.24) is 15.5 Å². The number of carbonyl (C=O) groups excluding carboxylic acids is 2. The average Bonchev–Trinajstić information content (AvgIpc) is 2.97. The molecule has 2 aliphatic rings. The van der Waals surface area contributed by atoms with Gasteiger partial charge in [0.15, 0.2) is 0 Å². The Balaban J connectivity index is 1.61. The molecule has 0 saturated carbocycles. The lowest BCUT2D eigenvalue weighted by atomic mass is 9.96. The van der Waals surface area contributed by atoms with Crippen LogP contribution in [0.25, 0.3) is 0 Å². The quantitative estimate of drug-likeness (QED) is 0.852. The molecule has 0 radical (unpaired) electrons. The zero-order valence-electron chi connectivity index (χ0n) is 14.7. The average molecular weight is 384 g/mol. The lowest BCUT2D eigenvalue weighted by Crippen LogP contribution is -2.44. The summed E-state index contributed by atoms with van der Waals surface area (Å²) in [5.41, 5.74) is 2.86. The first-order valence-corrected chi connectivity index (χ1v) is 8.92. The van der Waals surface area contributed by atoms with E-state index < -0.39 is 6.04 Å². The summed E-state index contributed by atoms with van der Waals surface area (Å²) in [5.74, 6) is 0.650. The van der Waals surface area contributed by atoms with Crippen molar-refractivity contribution in [3.63, 3.8) is 0 Å².